The highest BCUT2D eigenvalue weighted by Crippen LogP contribution is 2.27. The summed E-state index contributed by atoms with van der Waals surface area (Å²) in [6, 6.07) is 16.2. The highest BCUT2D eigenvalue weighted by Gasteiger charge is 2.33. The monoisotopic (exact) mass is 450 g/mol. The molecule has 164 valence electrons. The molecule has 0 bridgehead atoms. The molecule has 30 heavy (non-hydrogen) atoms. The normalized spacial score (nSPS) is 18.4. The Morgan fingerprint density at radius 2 is 1.67 bits per heavy atom. The summed E-state index contributed by atoms with van der Waals surface area (Å²) >= 11 is 0. The average Bonchev–Trinajstić information content (AvgIpc) is 2.74. The van der Waals surface area contributed by atoms with Gasteiger partial charge in [0.1, 0.15) is 0 Å². The smallest absolute Gasteiger partial charge is 0.215 e. The number of piperidine rings is 1. The van der Waals surface area contributed by atoms with Crippen molar-refractivity contribution < 1.29 is 16.8 Å². The Kier molecular flexibility index (Phi) is 7.68. The molecule has 1 atom stereocenters. The second-order valence-corrected chi connectivity index (χ2v) is 11.6. The van der Waals surface area contributed by atoms with Crippen LogP contribution in [0, 0.1) is 6.92 Å². The van der Waals surface area contributed by atoms with Gasteiger partial charge in [0.15, 0.2) is 0 Å². The minimum Gasteiger partial charge on any atom is -0.215 e. The van der Waals surface area contributed by atoms with Crippen molar-refractivity contribution in [3.63, 3.8) is 0 Å². The van der Waals surface area contributed by atoms with E-state index < -0.39 is 20.0 Å². The Hall–Kier alpha value is -1.74. The highest BCUT2D eigenvalue weighted by molar-refractivity contribution is 7.89. The molecule has 0 radical (unpaired) electrons. The first-order chi connectivity index (χ1) is 14.3. The molecule has 1 heterocycles. The lowest BCUT2D eigenvalue weighted by Gasteiger charge is -2.34. The van der Waals surface area contributed by atoms with E-state index in [1.807, 2.05) is 37.3 Å². The van der Waals surface area contributed by atoms with Crippen LogP contribution in [-0.4, -0.2) is 46.0 Å². The van der Waals surface area contributed by atoms with Crippen molar-refractivity contribution in [2.75, 3.05) is 18.8 Å². The predicted octanol–water partition coefficient (Wildman–Crippen LogP) is 3.09. The van der Waals surface area contributed by atoms with Gasteiger partial charge < -0.3 is 0 Å². The van der Waals surface area contributed by atoms with Crippen molar-refractivity contribution in [1.29, 1.82) is 0 Å². The van der Waals surface area contributed by atoms with Gasteiger partial charge in [0.25, 0.3) is 0 Å². The third kappa shape index (κ3) is 6.14. The average molecular weight is 451 g/mol. The van der Waals surface area contributed by atoms with Crippen LogP contribution in [0.25, 0.3) is 0 Å². The van der Waals surface area contributed by atoms with E-state index >= 15 is 0 Å². The molecule has 0 aromatic heterocycles. The molecule has 1 aliphatic heterocycles. The predicted molar refractivity (Wildman–Crippen MR) is 119 cm³/mol. The van der Waals surface area contributed by atoms with Gasteiger partial charge in [-0.15, -0.1) is 0 Å². The number of sulfonamides is 2. The Morgan fingerprint density at radius 3 is 2.37 bits per heavy atom. The minimum atomic E-state index is -3.58. The van der Waals surface area contributed by atoms with E-state index in [4.69, 9.17) is 0 Å². The SMILES string of the molecule is Cc1ccc(S(=O)(=O)N2CCCCC2CCNS(=O)(=O)CCc2ccccc2)cc1. The molecule has 0 saturated carbocycles. The van der Waals surface area contributed by atoms with E-state index in [1.54, 1.807) is 28.6 Å². The molecule has 1 fully saturated rings. The number of aryl methyl sites for hydroxylation is 2. The van der Waals surface area contributed by atoms with Gasteiger partial charge in [0.2, 0.25) is 20.0 Å². The summed E-state index contributed by atoms with van der Waals surface area (Å²) in [4.78, 5) is 0.295. The van der Waals surface area contributed by atoms with Gasteiger partial charge in [-0.3, -0.25) is 0 Å². The maximum Gasteiger partial charge on any atom is 0.243 e. The van der Waals surface area contributed by atoms with E-state index in [0.717, 1.165) is 30.4 Å². The fourth-order valence-corrected chi connectivity index (χ4v) is 6.58. The second kappa shape index (κ2) is 10.0. The van der Waals surface area contributed by atoms with Crippen LogP contribution in [0.1, 0.15) is 36.8 Å². The van der Waals surface area contributed by atoms with Crippen LogP contribution in [0.15, 0.2) is 59.5 Å². The van der Waals surface area contributed by atoms with Crippen molar-refractivity contribution >= 4 is 20.0 Å². The molecule has 8 heteroatoms. The summed E-state index contributed by atoms with van der Waals surface area (Å²) in [6.07, 6.45) is 3.44. The summed E-state index contributed by atoms with van der Waals surface area (Å²) in [5.41, 5.74) is 1.99. The molecule has 1 unspecified atom stereocenters. The van der Waals surface area contributed by atoms with Crippen LogP contribution in [-0.2, 0) is 26.5 Å². The lowest BCUT2D eigenvalue weighted by atomic mass is 10.0. The zero-order chi connectivity index (χ0) is 21.6. The van der Waals surface area contributed by atoms with Gasteiger partial charge in [0.05, 0.1) is 10.6 Å². The van der Waals surface area contributed by atoms with Crippen LogP contribution >= 0.6 is 0 Å². The number of hydrogen-bond acceptors (Lipinski definition) is 4. The zero-order valence-corrected chi connectivity index (χ0v) is 19.0. The lowest BCUT2D eigenvalue weighted by Crippen LogP contribution is -2.45. The van der Waals surface area contributed by atoms with Crippen molar-refractivity contribution in [3.05, 3.63) is 65.7 Å². The summed E-state index contributed by atoms with van der Waals surface area (Å²) in [5, 5.41) is 0. The first-order valence-electron chi connectivity index (χ1n) is 10.4. The lowest BCUT2D eigenvalue weighted by molar-refractivity contribution is 0.242. The van der Waals surface area contributed by atoms with Crippen molar-refractivity contribution in [2.24, 2.45) is 0 Å². The number of benzene rings is 2. The van der Waals surface area contributed by atoms with Crippen LogP contribution in [0.4, 0.5) is 0 Å². The zero-order valence-electron chi connectivity index (χ0n) is 17.3. The molecule has 0 spiro atoms. The Bertz CT molecular complexity index is 1020. The molecule has 3 rings (SSSR count). The quantitative estimate of drug-likeness (QED) is 0.636. The molecule has 0 amide bonds. The maximum absolute atomic E-state index is 13.1. The number of hydrogen-bond donors (Lipinski definition) is 1. The first kappa shape index (κ1) is 22.9. The Balaban J connectivity index is 1.58. The molecule has 0 aliphatic carbocycles. The third-order valence-corrected chi connectivity index (χ3v) is 8.85. The first-order valence-corrected chi connectivity index (χ1v) is 13.5. The van der Waals surface area contributed by atoms with E-state index in [1.165, 1.54) is 0 Å². The molecular formula is C22H30N2O4S2. The van der Waals surface area contributed by atoms with E-state index in [9.17, 15) is 16.8 Å². The summed E-state index contributed by atoms with van der Waals surface area (Å²) < 4.78 is 55.1. The van der Waals surface area contributed by atoms with Gasteiger partial charge >= 0.3 is 0 Å². The van der Waals surface area contributed by atoms with Crippen LogP contribution in [0.5, 0.6) is 0 Å². The van der Waals surface area contributed by atoms with Crippen LogP contribution < -0.4 is 4.72 Å². The van der Waals surface area contributed by atoms with Gasteiger partial charge in [-0.1, -0.05) is 54.4 Å². The summed E-state index contributed by atoms with van der Waals surface area (Å²) in [5.74, 6) is 0.0209. The molecule has 2 aromatic rings. The van der Waals surface area contributed by atoms with Crippen LogP contribution in [0.3, 0.4) is 0 Å². The maximum atomic E-state index is 13.1. The van der Waals surface area contributed by atoms with E-state index in [-0.39, 0.29) is 18.3 Å². The molecule has 1 aliphatic rings. The fourth-order valence-electron chi connectivity index (χ4n) is 3.77. The summed E-state index contributed by atoms with van der Waals surface area (Å²) in [6.45, 7) is 2.63. The van der Waals surface area contributed by atoms with Crippen molar-refractivity contribution in [1.82, 2.24) is 9.03 Å². The van der Waals surface area contributed by atoms with Gasteiger partial charge in [-0.25, -0.2) is 21.6 Å². The molecular weight excluding hydrogens is 420 g/mol. The number of nitrogens with one attached hydrogen (secondary N) is 1. The minimum absolute atomic E-state index is 0.0209. The Labute approximate surface area is 180 Å². The summed E-state index contributed by atoms with van der Waals surface area (Å²) in [7, 11) is -6.99. The van der Waals surface area contributed by atoms with Gasteiger partial charge in [-0.05, 0) is 50.3 Å². The van der Waals surface area contributed by atoms with Gasteiger partial charge in [-0.2, -0.15) is 4.31 Å². The fraction of sp³-hybridized carbons (Fsp3) is 0.455. The third-order valence-electron chi connectivity index (χ3n) is 5.50. The van der Waals surface area contributed by atoms with Crippen LogP contribution in [0.2, 0.25) is 0 Å². The van der Waals surface area contributed by atoms with E-state index in [2.05, 4.69) is 4.72 Å². The van der Waals surface area contributed by atoms with Gasteiger partial charge in [0, 0.05) is 19.1 Å². The molecule has 1 N–H and O–H groups in total. The molecule has 2 aromatic carbocycles. The standard InChI is InChI=1S/C22H30N2O4S2/c1-19-10-12-22(13-11-19)30(27,28)24-17-6-5-9-21(24)14-16-23-29(25,26)18-15-20-7-3-2-4-8-20/h2-4,7-8,10-13,21,23H,5-6,9,14-18H2,1H3. The second-order valence-electron chi connectivity index (χ2n) is 7.82. The number of rotatable bonds is 9. The number of nitrogens with zero attached hydrogens (tertiary/aromatic N) is 1. The topological polar surface area (TPSA) is 83.6 Å². The highest BCUT2D eigenvalue weighted by atomic mass is 32.2. The molecule has 1 saturated heterocycles. The van der Waals surface area contributed by atoms with E-state index in [0.29, 0.717) is 24.3 Å². The molecule has 6 nitrogen and oxygen atoms in total. The van der Waals surface area contributed by atoms with Crippen molar-refractivity contribution in [3.8, 4) is 0 Å². The Morgan fingerprint density at radius 1 is 0.967 bits per heavy atom. The largest absolute Gasteiger partial charge is 0.243 e. The van der Waals surface area contributed by atoms with Crippen molar-refractivity contribution in [2.45, 2.75) is 50.0 Å².